The molecule has 21 heavy (non-hydrogen) atoms. The zero-order valence-electron chi connectivity index (χ0n) is 12.5. The normalized spacial score (nSPS) is 20.4. The van der Waals surface area contributed by atoms with Gasteiger partial charge in [-0.25, -0.2) is 0 Å². The average molecular weight is 291 g/mol. The van der Waals surface area contributed by atoms with E-state index in [0.717, 1.165) is 26.1 Å². The van der Waals surface area contributed by atoms with Crippen LogP contribution in [0.3, 0.4) is 0 Å². The molecular weight excluding hydrogens is 270 g/mol. The van der Waals surface area contributed by atoms with E-state index in [9.17, 15) is 14.9 Å². The van der Waals surface area contributed by atoms with Crippen molar-refractivity contribution in [2.24, 2.45) is 0 Å². The highest BCUT2D eigenvalue weighted by molar-refractivity contribution is 5.98. The Bertz CT molecular complexity index is 533. The Morgan fingerprint density at radius 3 is 2.86 bits per heavy atom. The number of carbonyl (C=O) groups is 1. The number of ketones is 1. The van der Waals surface area contributed by atoms with E-state index in [-0.39, 0.29) is 11.5 Å². The zero-order chi connectivity index (χ0) is 15.4. The van der Waals surface area contributed by atoms with Gasteiger partial charge in [-0.05, 0) is 13.5 Å². The summed E-state index contributed by atoms with van der Waals surface area (Å²) in [6.45, 7) is 5.14. The quantitative estimate of drug-likeness (QED) is 0.470. The summed E-state index contributed by atoms with van der Waals surface area (Å²) in [4.78, 5) is 27.0. The first-order valence-corrected chi connectivity index (χ1v) is 7.21. The molecule has 1 atom stereocenters. The van der Waals surface area contributed by atoms with Crippen molar-refractivity contribution in [1.82, 2.24) is 9.80 Å². The summed E-state index contributed by atoms with van der Waals surface area (Å²) in [6, 6.07) is 6.43. The van der Waals surface area contributed by atoms with E-state index in [1.807, 2.05) is 0 Å². The Labute approximate surface area is 124 Å². The van der Waals surface area contributed by atoms with Gasteiger partial charge in [-0.15, -0.1) is 0 Å². The van der Waals surface area contributed by atoms with E-state index in [4.69, 9.17) is 0 Å². The molecule has 1 unspecified atom stereocenters. The standard InChI is InChI=1S/C15H21N3O3/c1-3-13-10-17(8-7-16(13)2)11-15(19)12-5-4-6-14(9-12)18(20)21/h4-6,9,13H,3,7-8,10-11H2,1-2H3. The molecule has 1 fully saturated rings. The maximum atomic E-state index is 12.3. The molecule has 1 aromatic rings. The van der Waals surface area contributed by atoms with Crippen LogP contribution in [0.4, 0.5) is 5.69 Å². The van der Waals surface area contributed by atoms with Crippen LogP contribution < -0.4 is 0 Å². The van der Waals surface area contributed by atoms with Crippen LogP contribution in [-0.4, -0.2) is 59.8 Å². The van der Waals surface area contributed by atoms with Gasteiger partial charge >= 0.3 is 0 Å². The molecule has 6 heteroatoms. The van der Waals surface area contributed by atoms with Crippen LogP contribution in [0.5, 0.6) is 0 Å². The van der Waals surface area contributed by atoms with Crippen LogP contribution in [0.25, 0.3) is 0 Å². The van der Waals surface area contributed by atoms with Crippen molar-refractivity contribution < 1.29 is 9.72 Å². The summed E-state index contributed by atoms with van der Waals surface area (Å²) in [5.41, 5.74) is 0.377. The van der Waals surface area contributed by atoms with Gasteiger partial charge in [0.05, 0.1) is 11.5 Å². The fraction of sp³-hybridized carbons (Fsp3) is 0.533. The van der Waals surface area contributed by atoms with Gasteiger partial charge in [0.2, 0.25) is 0 Å². The molecule has 0 saturated carbocycles. The van der Waals surface area contributed by atoms with Crippen LogP contribution in [0.1, 0.15) is 23.7 Å². The van der Waals surface area contributed by atoms with Crippen molar-refractivity contribution in [3.8, 4) is 0 Å². The number of carbonyl (C=O) groups excluding carboxylic acids is 1. The molecule has 6 nitrogen and oxygen atoms in total. The Morgan fingerprint density at radius 2 is 2.19 bits per heavy atom. The second kappa shape index (κ2) is 6.78. The number of piperazine rings is 1. The summed E-state index contributed by atoms with van der Waals surface area (Å²) in [5.74, 6) is -0.0573. The smallest absolute Gasteiger partial charge is 0.270 e. The Morgan fingerprint density at radius 1 is 1.43 bits per heavy atom. The molecule has 0 N–H and O–H groups in total. The van der Waals surface area contributed by atoms with E-state index in [1.54, 1.807) is 12.1 Å². The molecule has 1 saturated heterocycles. The van der Waals surface area contributed by atoms with Crippen LogP contribution in [-0.2, 0) is 0 Å². The van der Waals surface area contributed by atoms with Crippen LogP contribution in [0.2, 0.25) is 0 Å². The summed E-state index contributed by atoms with van der Waals surface area (Å²) < 4.78 is 0. The maximum Gasteiger partial charge on any atom is 0.270 e. The lowest BCUT2D eigenvalue weighted by Gasteiger charge is -2.38. The minimum atomic E-state index is -0.472. The molecular formula is C15H21N3O3. The van der Waals surface area contributed by atoms with Crippen LogP contribution in [0, 0.1) is 10.1 Å². The van der Waals surface area contributed by atoms with Gasteiger partial charge in [-0.3, -0.25) is 19.8 Å². The van der Waals surface area contributed by atoms with Gasteiger partial charge in [0.15, 0.2) is 5.78 Å². The largest absolute Gasteiger partial charge is 0.301 e. The molecule has 1 aromatic carbocycles. The van der Waals surface area contributed by atoms with E-state index in [0.29, 0.717) is 18.2 Å². The predicted molar refractivity (Wildman–Crippen MR) is 80.6 cm³/mol. The van der Waals surface area contributed by atoms with Gasteiger partial charge in [0.1, 0.15) is 0 Å². The van der Waals surface area contributed by atoms with Gasteiger partial charge in [-0.2, -0.15) is 0 Å². The van der Waals surface area contributed by atoms with E-state index in [1.165, 1.54) is 12.1 Å². The molecule has 1 aliphatic heterocycles. The number of nitrogens with zero attached hydrogens (tertiary/aromatic N) is 3. The third-order valence-electron chi connectivity index (χ3n) is 4.08. The number of rotatable bonds is 5. The van der Waals surface area contributed by atoms with Gasteiger partial charge < -0.3 is 4.90 Å². The third-order valence-corrected chi connectivity index (χ3v) is 4.08. The number of Topliss-reactive ketones (excluding diaryl/α,β-unsaturated/α-hetero) is 1. The summed E-state index contributed by atoms with van der Waals surface area (Å²) in [7, 11) is 2.11. The minimum absolute atomic E-state index is 0.0364. The Balaban J connectivity index is 2.01. The Kier molecular flexibility index (Phi) is 5.03. The van der Waals surface area contributed by atoms with Crippen molar-refractivity contribution in [2.75, 3.05) is 33.2 Å². The van der Waals surface area contributed by atoms with Gasteiger partial charge in [-0.1, -0.05) is 19.1 Å². The number of likely N-dealkylation sites (N-methyl/N-ethyl adjacent to an activating group) is 1. The summed E-state index contributed by atoms with van der Waals surface area (Å²) >= 11 is 0. The molecule has 0 aromatic heterocycles. The number of benzene rings is 1. The predicted octanol–water partition coefficient (Wildman–Crippen LogP) is 1.80. The lowest BCUT2D eigenvalue weighted by atomic mass is 10.1. The second-order valence-corrected chi connectivity index (χ2v) is 5.51. The fourth-order valence-electron chi connectivity index (χ4n) is 2.68. The van der Waals surface area contributed by atoms with Crippen molar-refractivity contribution in [2.45, 2.75) is 19.4 Å². The minimum Gasteiger partial charge on any atom is -0.301 e. The highest BCUT2D eigenvalue weighted by atomic mass is 16.6. The van der Waals surface area contributed by atoms with E-state index >= 15 is 0 Å². The van der Waals surface area contributed by atoms with Crippen molar-refractivity contribution in [3.63, 3.8) is 0 Å². The number of hydrogen-bond acceptors (Lipinski definition) is 5. The van der Waals surface area contributed by atoms with Gasteiger partial charge in [0, 0.05) is 43.4 Å². The van der Waals surface area contributed by atoms with Gasteiger partial charge in [0.25, 0.3) is 5.69 Å². The summed E-state index contributed by atoms with van der Waals surface area (Å²) in [6.07, 6.45) is 1.05. The molecule has 0 amide bonds. The zero-order valence-corrected chi connectivity index (χ0v) is 12.5. The number of nitro groups is 1. The molecule has 0 radical (unpaired) electrons. The molecule has 0 spiro atoms. The van der Waals surface area contributed by atoms with E-state index in [2.05, 4.69) is 23.8 Å². The first-order chi connectivity index (χ1) is 10.0. The lowest BCUT2D eigenvalue weighted by molar-refractivity contribution is -0.384. The first kappa shape index (κ1) is 15.6. The lowest BCUT2D eigenvalue weighted by Crippen LogP contribution is -2.52. The molecule has 114 valence electrons. The fourth-order valence-corrected chi connectivity index (χ4v) is 2.68. The summed E-state index contributed by atoms with van der Waals surface area (Å²) in [5, 5.41) is 10.8. The average Bonchev–Trinajstić information content (AvgIpc) is 2.49. The van der Waals surface area contributed by atoms with Crippen LogP contribution in [0.15, 0.2) is 24.3 Å². The van der Waals surface area contributed by atoms with E-state index < -0.39 is 4.92 Å². The highest BCUT2D eigenvalue weighted by Gasteiger charge is 2.24. The monoisotopic (exact) mass is 291 g/mol. The number of non-ortho nitro benzene ring substituents is 1. The molecule has 1 heterocycles. The molecule has 0 bridgehead atoms. The SMILES string of the molecule is CCC1CN(CC(=O)c2cccc([N+](=O)[O-])c2)CCN1C. The highest BCUT2D eigenvalue weighted by Crippen LogP contribution is 2.15. The van der Waals surface area contributed by atoms with Crippen molar-refractivity contribution in [1.29, 1.82) is 0 Å². The molecule has 0 aliphatic carbocycles. The second-order valence-electron chi connectivity index (χ2n) is 5.51. The first-order valence-electron chi connectivity index (χ1n) is 7.21. The third kappa shape index (κ3) is 3.86. The number of nitro benzene ring substituents is 1. The van der Waals surface area contributed by atoms with Crippen LogP contribution >= 0.6 is 0 Å². The van der Waals surface area contributed by atoms with Crippen molar-refractivity contribution in [3.05, 3.63) is 39.9 Å². The maximum absolute atomic E-state index is 12.3. The Hall–Kier alpha value is -1.79. The topological polar surface area (TPSA) is 66.7 Å². The van der Waals surface area contributed by atoms with Crippen molar-refractivity contribution >= 4 is 11.5 Å². The molecule has 1 aliphatic rings. The molecule has 2 rings (SSSR count). The number of hydrogen-bond donors (Lipinski definition) is 0.